The number of anilines is 6. The van der Waals surface area contributed by atoms with Crippen molar-refractivity contribution >= 4 is 78.0 Å². The molecule has 0 spiro atoms. The fraction of sp³-hybridized carbons (Fsp3) is 0.373. The van der Waals surface area contributed by atoms with E-state index in [-0.39, 0.29) is 23.0 Å². The first-order valence-electron chi connectivity index (χ1n) is 20.8. The molecule has 0 amide bonds. The first-order chi connectivity index (χ1) is 26.8. The molecule has 6 aromatic rings. The lowest BCUT2D eigenvalue weighted by molar-refractivity contribution is 0.297. The highest BCUT2D eigenvalue weighted by atomic mass is 32.1. The van der Waals surface area contributed by atoms with Gasteiger partial charge in [0.1, 0.15) is 0 Å². The van der Waals surface area contributed by atoms with Gasteiger partial charge < -0.3 is 19.3 Å². The molecule has 1 aromatic heterocycles. The molecule has 0 bridgehead atoms. The molecule has 3 aliphatic heterocycles. The minimum atomic E-state index is 0.00487. The molecule has 0 aliphatic carbocycles. The number of fused-ring (bicyclic) bond motifs is 7. The summed E-state index contributed by atoms with van der Waals surface area (Å²) in [5.74, 6) is 1.67. The van der Waals surface area contributed by atoms with Gasteiger partial charge in [-0.1, -0.05) is 98.7 Å². The summed E-state index contributed by atoms with van der Waals surface area (Å²) >= 11 is 1.96. The molecule has 292 valence electrons. The van der Waals surface area contributed by atoms with Gasteiger partial charge in [0.25, 0.3) is 6.71 Å². The Bertz CT molecular complexity index is 2590. The third kappa shape index (κ3) is 5.99. The Morgan fingerprint density at radius 2 is 1.05 bits per heavy atom. The molecule has 4 nitrogen and oxygen atoms in total. The van der Waals surface area contributed by atoms with Crippen molar-refractivity contribution in [1.82, 2.24) is 0 Å². The summed E-state index contributed by atoms with van der Waals surface area (Å²) in [7, 11) is 0. The fourth-order valence-electron chi connectivity index (χ4n) is 9.50. The van der Waals surface area contributed by atoms with E-state index in [4.69, 9.17) is 9.47 Å². The number of ether oxygens (including phenoxy) is 2. The van der Waals surface area contributed by atoms with Crippen LogP contribution in [0, 0.1) is 27.7 Å². The van der Waals surface area contributed by atoms with Crippen molar-refractivity contribution in [2.24, 2.45) is 0 Å². The van der Waals surface area contributed by atoms with E-state index in [1.807, 2.05) is 11.3 Å². The maximum absolute atomic E-state index is 6.50. The molecule has 0 radical (unpaired) electrons. The number of rotatable bonds is 2. The molecule has 5 aromatic carbocycles. The summed E-state index contributed by atoms with van der Waals surface area (Å²) in [6.07, 6.45) is 0.863. The Morgan fingerprint density at radius 3 is 1.60 bits per heavy atom. The second-order valence-electron chi connectivity index (χ2n) is 19.9. The van der Waals surface area contributed by atoms with E-state index in [9.17, 15) is 0 Å². The zero-order valence-electron chi connectivity index (χ0n) is 36.2. The van der Waals surface area contributed by atoms with Crippen molar-refractivity contribution in [2.45, 2.75) is 113 Å². The van der Waals surface area contributed by atoms with E-state index in [1.165, 1.54) is 93.2 Å². The molecule has 0 unspecified atom stereocenters. The molecular weight excluding hydrogens is 715 g/mol. The van der Waals surface area contributed by atoms with Crippen molar-refractivity contribution in [2.75, 3.05) is 23.0 Å². The van der Waals surface area contributed by atoms with Crippen LogP contribution in [-0.2, 0) is 16.2 Å². The molecule has 6 heteroatoms. The molecule has 0 N–H and O–H groups in total. The molecule has 0 atom stereocenters. The van der Waals surface area contributed by atoms with Crippen molar-refractivity contribution in [3.05, 3.63) is 112 Å². The summed E-state index contributed by atoms with van der Waals surface area (Å²) in [5, 5.41) is 1.32. The van der Waals surface area contributed by atoms with Gasteiger partial charge in [-0.3, -0.25) is 0 Å². The van der Waals surface area contributed by atoms with Crippen molar-refractivity contribution in [1.29, 1.82) is 0 Å². The highest BCUT2D eigenvalue weighted by molar-refractivity contribution is 7.33. The van der Waals surface area contributed by atoms with E-state index in [0.717, 1.165) is 23.6 Å². The summed E-state index contributed by atoms with van der Waals surface area (Å²) < 4.78 is 15.6. The zero-order valence-corrected chi connectivity index (χ0v) is 37.1. The van der Waals surface area contributed by atoms with Crippen LogP contribution in [0.5, 0.6) is 11.5 Å². The monoisotopic (exact) mass is 772 g/mol. The maximum Gasteiger partial charge on any atom is 0.264 e. The van der Waals surface area contributed by atoms with E-state index >= 15 is 0 Å². The van der Waals surface area contributed by atoms with Crippen molar-refractivity contribution in [3.63, 3.8) is 0 Å². The average Bonchev–Trinajstić information content (AvgIpc) is 3.34. The third-order valence-electron chi connectivity index (χ3n) is 12.5. The molecule has 0 saturated heterocycles. The van der Waals surface area contributed by atoms with Gasteiger partial charge >= 0.3 is 0 Å². The Morgan fingerprint density at radius 1 is 0.544 bits per heavy atom. The third-order valence-corrected chi connectivity index (χ3v) is 13.7. The summed E-state index contributed by atoms with van der Waals surface area (Å²) in [6, 6.07) is 28.5. The molecule has 57 heavy (non-hydrogen) atoms. The number of aryl methyl sites for hydroxylation is 4. The second kappa shape index (κ2) is 12.9. The van der Waals surface area contributed by atoms with Crippen LogP contribution in [0.15, 0.2) is 72.8 Å². The van der Waals surface area contributed by atoms with Gasteiger partial charge in [0.2, 0.25) is 0 Å². The van der Waals surface area contributed by atoms with Crippen LogP contribution in [0.1, 0.15) is 108 Å². The van der Waals surface area contributed by atoms with Crippen LogP contribution in [0.4, 0.5) is 34.1 Å². The second-order valence-corrected chi connectivity index (χ2v) is 21.0. The number of hydrogen-bond acceptors (Lipinski definition) is 5. The molecule has 9 rings (SSSR count). The van der Waals surface area contributed by atoms with Crippen molar-refractivity contribution in [3.8, 4) is 11.5 Å². The van der Waals surface area contributed by atoms with Gasteiger partial charge in [-0.05, 0) is 124 Å². The molecule has 0 saturated carbocycles. The highest BCUT2D eigenvalue weighted by Crippen LogP contribution is 2.52. The largest absolute Gasteiger partial charge is 0.490 e. The summed E-state index contributed by atoms with van der Waals surface area (Å²) in [4.78, 5) is 5.19. The van der Waals surface area contributed by atoms with Crippen LogP contribution in [0.25, 0.3) is 10.1 Å². The Balaban J connectivity index is 1.41. The van der Waals surface area contributed by atoms with Gasteiger partial charge in [-0.2, -0.15) is 0 Å². The lowest BCUT2D eigenvalue weighted by Gasteiger charge is -2.44. The van der Waals surface area contributed by atoms with E-state index in [2.05, 4.69) is 173 Å². The van der Waals surface area contributed by atoms with E-state index in [1.54, 1.807) is 0 Å². The molecule has 3 aliphatic rings. The minimum Gasteiger partial charge on any atom is -0.490 e. The highest BCUT2D eigenvalue weighted by Gasteiger charge is 2.47. The quantitative estimate of drug-likeness (QED) is 0.163. The van der Waals surface area contributed by atoms with Gasteiger partial charge in [0, 0.05) is 44.4 Å². The normalized spacial score (nSPS) is 15.1. The fourth-order valence-corrected chi connectivity index (χ4v) is 10.8. The number of nitrogens with zero attached hydrogens (tertiary/aromatic N) is 2. The molecule has 0 fully saturated rings. The first-order valence-corrected chi connectivity index (χ1v) is 21.6. The minimum absolute atomic E-state index is 0.00487. The molecule has 4 heterocycles. The van der Waals surface area contributed by atoms with E-state index in [0.29, 0.717) is 13.2 Å². The smallest absolute Gasteiger partial charge is 0.264 e. The standard InChI is InChI=1S/C51H57BN2O2S/c1-29-22-34(50(8,9)10)23-30(2)45(29)53-38-16-14-17-39-44(38)52(37-27-41-42(28-40(37)53)56-21-15-20-55-41)48-47(36-26-33(49(5,6)7)18-19-43(36)57-48)54(39)46-31(3)24-35(25-32(46)4)51(11,12)13/h14,16-19,22-28H,15,20-21H2,1-13H3. The van der Waals surface area contributed by atoms with Crippen molar-refractivity contribution < 1.29 is 9.47 Å². The number of benzene rings is 5. The van der Waals surface area contributed by atoms with Gasteiger partial charge in [0.05, 0.1) is 30.3 Å². The van der Waals surface area contributed by atoms with Crippen LogP contribution in [-0.4, -0.2) is 19.9 Å². The average molecular weight is 773 g/mol. The summed E-state index contributed by atoms with van der Waals surface area (Å²) in [6.45, 7) is 31.3. The Labute approximate surface area is 344 Å². The molecular formula is C51H57BN2O2S. The van der Waals surface area contributed by atoms with Crippen LogP contribution in [0.3, 0.4) is 0 Å². The SMILES string of the molecule is Cc1cc(C(C)(C)C)cc(C)c1N1c2cc3c(cc2B2c4sc5ccc(C(C)(C)C)cc5c4N(c4c(C)cc(C(C)(C)C)cc4C)c4cccc1c42)OCCCO3. The Hall–Kier alpha value is -4.68. The lowest BCUT2D eigenvalue weighted by Crippen LogP contribution is -2.60. The van der Waals surface area contributed by atoms with E-state index < -0.39 is 0 Å². The first kappa shape index (κ1) is 37.9. The topological polar surface area (TPSA) is 24.9 Å². The number of hydrogen-bond donors (Lipinski definition) is 0. The van der Waals surface area contributed by atoms with Crippen LogP contribution < -0.4 is 35.0 Å². The lowest BCUT2D eigenvalue weighted by atomic mass is 9.36. The zero-order chi connectivity index (χ0) is 40.5. The van der Waals surface area contributed by atoms with Gasteiger partial charge in [-0.15, -0.1) is 11.3 Å². The maximum atomic E-state index is 6.50. The number of thiophene rings is 1. The predicted molar refractivity (Wildman–Crippen MR) is 247 cm³/mol. The van der Waals surface area contributed by atoms with Gasteiger partial charge in [0.15, 0.2) is 11.5 Å². The summed E-state index contributed by atoms with van der Waals surface area (Å²) in [5.41, 5.74) is 19.3. The van der Waals surface area contributed by atoms with Crippen LogP contribution >= 0.6 is 11.3 Å². The predicted octanol–water partition coefficient (Wildman–Crippen LogP) is 12.3. The van der Waals surface area contributed by atoms with Gasteiger partial charge in [-0.25, -0.2) is 0 Å². The Kier molecular flexibility index (Phi) is 8.58. The van der Waals surface area contributed by atoms with Crippen LogP contribution in [0.2, 0.25) is 0 Å².